The molecule has 0 aliphatic carbocycles. The summed E-state index contributed by atoms with van der Waals surface area (Å²) in [5.74, 6) is -0.116. The minimum Gasteiger partial charge on any atom is -0.462 e. The predicted molar refractivity (Wildman–Crippen MR) is 83.6 cm³/mol. The van der Waals surface area contributed by atoms with Crippen molar-refractivity contribution >= 4 is 11.8 Å². The first-order valence-electron chi connectivity index (χ1n) is 6.80. The monoisotopic (exact) mass is 293 g/mol. The molecule has 0 radical (unpaired) electrons. The Kier molecular flexibility index (Phi) is 5.27. The van der Waals surface area contributed by atoms with Crippen molar-refractivity contribution in [2.45, 2.75) is 6.92 Å². The maximum atomic E-state index is 11.5. The summed E-state index contributed by atoms with van der Waals surface area (Å²) in [5, 5.41) is 11.7. The van der Waals surface area contributed by atoms with E-state index in [1.165, 1.54) is 6.20 Å². The first kappa shape index (κ1) is 15.3. The molecule has 0 atom stereocenters. The number of benzene rings is 1. The van der Waals surface area contributed by atoms with Gasteiger partial charge in [-0.05, 0) is 24.6 Å². The molecule has 0 spiro atoms. The van der Waals surface area contributed by atoms with Crippen LogP contribution >= 0.6 is 0 Å². The molecule has 0 bridgehead atoms. The van der Waals surface area contributed by atoms with Crippen molar-refractivity contribution in [1.82, 2.24) is 4.98 Å². The third-order valence-corrected chi connectivity index (χ3v) is 2.85. The molecule has 0 aliphatic rings. The summed E-state index contributed by atoms with van der Waals surface area (Å²) < 4.78 is 4.77. The number of hydrogen-bond acceptors (Lipinski definition) is 5. The highest BCUT2D eigenvalue weighted by Crippen LogP contribution is 2.19. The zero-order valence-corrected chi connectivity index (χ0v) is 12.1. The van der Waals surface area contributed by atoms with Gasteiger partial charge in [0.2, 0.25) is 0 Å². The molecule has 1 aromatic carbocycles. The zero-order valence-electron chi connectivity index (χ0n) is 12.1. The number of pyridine rings is 1. The molecule has 0 unspecified atom stereocenters. The van der Waals surface area contributed by atoms with E-state index in [9.17, 15) is 4.79 Å². The maximum Gasteiger partial charge on any atom is 0.350 e. The molecule has 5 nitrogen and oxygen atoms in total. The second-order valence-electron chi connectivity index (χ2n) is 4.33. The molecular weight excluding hydrogens is 278 g/mol. The Labute approximate surface area is 128 Å². The summed E-state index contributed by atoms with van der Waals surface area (Å²) in [5.41, 5.74) is 1.96. The van der Waals surface area contributed by atoms with E-state index >= 15 is 0 Å². The highest BCUT2D eigenvalue weighted by atomic mass is 16.5. The molecule has 0 fully saturated rings. The SMILES string of the molecule is CCOC(=O)/C(C#N)=C/Nc1ccc(-c2ccccc2)cn1. The van der Waals surface area contributed by atoms with Crippen LogP contribution in [0.4, 0.5) is 5.82 Å². The van der Waals surface area contributed by atoms with Gasteiger partial charge in [0.25, 0.3) is 0 Å². The van der Waals surface area contributed by atoms with Gasteiger partial charge in [0.05, 0.1) is 6.61 Å². The average molecular weight is 293 g/mol. The molecule has 22 heavy (non-hydrogen) atoms. The number of rotatable bonds is 5. The fourth-order valence-electron chi connectivity index (χ4n) is 1.77. The summed E-state index contributed by atoms with van der Waals surface area (Å²) in [4.78, 5) is 15.7. The molecule has 0 amide bonds. The van der Waals surface area contributed by atoms with Gasteiger partial charge in [-0.15, -0.1) is 0 Å². The predicted octanol–water partition coefficient (Wildman–Crippen LogP) is 3.13. The molecule has 2 rings (SSSR count). The molecule has 2 aromatic rings. The van der Waals surface area contributed by atoms with Gasteiger partial charge in [-0.25, -0.2) is 9.78 Å². The smallest absolute Gasteiger partial charge is 0.350 e. The van der Waals surface area contributed by atoms with Gasteiger partial charge in [0.1, 0.15) is 11.9 Å². The van der Waals surface area contributed by atoms with Gasteiger partial charge >= 0.3 is 5.97 Å². The quantitative estimate of drug-likeness (QED) is 0.521. The topological polar surface area (TPSA) is 75.0 Å². The van der Waals surface area contributed by atoms with Gasteiger partial charge in [0, 0.05) is 18.0 Å². The number of aromatic nitrogens is 1. The number of carbonyl (C=O) groups is 1. The third kappa shape index (κ3) is 3.93. The lowest BCUT2D eigenvalue weighted by atomic mass is 10.1. The summed E-state index contributed by atoms with van der Waals surface area (Å²) in [6.45, 7) is 1.91. The number of nitriles is 1. The number of hydrogen-bond donors (Lipinski definition) is 1. The van der Waals surface area contributed by atoms with E-state index in [4.69, 9.17) is 10.00 Å². The van der Waals surface area contributed by atoms with Crippen molar-refractivity contribution in [2.75, 3.05) is 11.9 Å². The fraction of sp³-hybridized carbons (Fsp3) is 0.118. The second kappa shape index (κ2) is 7.60. The van der Waals surface area contributed by atoms with Crippen LogP contribution in [0, 0.1) is 11.3 Å². The Balaban J connectivity index is 2.08. The Hall–Kier alpha value is -3.13. The standard InChI is InChI=1S/C17H15N3O2/c1-2-22-17(21)15(10-18)12-20-16-9-8-14(11-19-16)13-6-4-3-5-7-13/h3-9,11-12H,2H2,1H3,(H,19,20)/b15-12+. The second-order valence-corrected chi connectivity index (χ2v) is 4.33. The highest BCUT2D eigenvalue weighted by Gasteiger charge is 2.09. The van der Waals surface area contributed by atoms with Crippen molar-refractivity contribution in [3.63, 3.8) is 0 Å². The third-order valence-electron chi connectivity index (χ3n) is 2.85. The molecule has 1 N–H and O–H groups in total. The van der Waals surface area contributed by atoms with Crippen LogP contribution in [-0.4, -0.2) is 17.6 Å². The molecular formula is C17H15N3O2. The van der Waals surface area contributed by atoms with Crippen LogP contribution in [0.3, 0.4) is 0 Å². The van der Waals surface area contributed by atoms with Gasteiger partial charge in [-0.3, -0.25) is 0 Å². The average Bonchev–Trinajstić information content (AvgIpc) is 2.57. The largest absolute Gasteiger partial charge is 0.462 e. The van der Waals surface area contributed by atoms with E-state index in [1.807, 2.05) is 36.4 Å². The molecule has 110 valence electrons. The van der Waals surface area contributed by atoms with Crippen molar-refractivity contribution in [2.24, 2.45) is 0 Å². The summed E-state index contributed by atoms with van der Waals surface area (Å²) >= 11 is 0. The van der Waals surface area contributed by atoms with Gasteiger partial charge in [0.15, 0.2) is 5.57 Å². The Morgan fingerprint density at radius 3 is 2.64 bits per heavy atom. The number of esters is 1. The number of nitrogens with zero attached hydrogens (tertiary/aromatic N) is 2. The summed E-state index contributed by atoms with van der Waals surface area (Å²) in [6, 6.07) is 15.4. The lowest BCUT2D eigenvalue weighted by molar-refractivity contribution is -0.138. The van der Waals surface area contributed by atoms with Crippen LogP contribution in [0.25, 0.3) is 11.1 Å². The minimum absolute atomic E-state index is 0.101. The lowest BCUT2D eigenvalue weighted by Gasteiger charge is -2.04. The number of ether oxygens (including phenoxy) is 1. The van der Waals surface area contributed by atoms with Gasteiger partial charge in [-0.1, -0.05) is 30.3 Å². The van der Waals surface area contributed by atoms with E-state index in [-0.39, 0.29) is 12.2 Å². The molecule has 1 heterocycles. The van der Waals surface area contributed by atoms with Crippen molar-refractivity contribution in [3.05, 3.63) is 60.4 Å². The summed E-state index contributed by atoms with van der Waals surface area (Å²) in [7, 11) is 0. The summed E-state index contributed by atoms with van der Waals surface area (Å²) in [6.07, 6.45) is 3.02. The fourth-order valence-corrected chi connectivity index (χ4v) is 1.77. The van der Waals surface area contributed by atoms with E-state index in [2.05, 4.69) is 10.3 Å². The normalized spacial score (nSPS) is 10.6. The number of carbonyl (C=O) groups excluding carboxylic acids is 1. The van der Waals surface area contributed by atoms with Crippen LogP contribution in [0.5, 0.6) is 0 Å². The van der Waals surface area contributed by atoms with E-state index in [0.717, 1.165) is 11.1 Å². The van der Waals surface area contributed by atoms with Crippen LogP contribution in [0.15, 0.2) is 60.4 Å². The first-order valence-corrected chi connectivity index (χ1v) is 6.80. The zero-order chi connectivity index (χ0) is 15.8. The molecule has 0 aliphatic heterocycles. The van der Waals surface area contributed by atoms with Crippen molar-refractivity contribution in [3.8, 4) is 17.2 Å². The van der Waals surface area contributed by atoms with E-state index in [0.29, 0.717) is 5.82 Å². The first-order chi connectivity index (χ1) is 10.7. The van der Waals surface area contributed by atoms with Crippen LogP contribution in [0.1, 0.15) is 6.92 Å². The Morgan fingerprint density at radius 1 is 1.27 bits per heavy atom. The van der Waals surface area contributed by atoms with E-state index in [1.54, 1.807) is 25.3 Å². The van der Waals surface area contributed by atoms with Crippen LogP contribution in [-0.2, 0) is 9.53 Å². The van der Waals surface area contributed by atoms with Gasteiger partial charge < -0.3 is 10.1 Å². The molecule has 0 saturated heterocycles. The van der Waals surface area contributed by atoms with E-state index < -0.39 is 5.97 Å². The number of nitrogens with one attached hydrogen (secondary N) is 1. The highest BCUT2D eigenvalue weighted by molar-refractivity contribution is 5.93. The number of anilines is 1. The lowest BCUT2D eigenvalue weighted by Crippen LogP contribution is -2.08. The van der Waals surface area contributed by atoms with Crippen LogP contribution < -0.4 is 5.32 Å². The van der Waals surface area contributed by atoms with Crippen molar-refractivity contribution in [1.29, 1.82) is 5.26 Å². The Bertz CT molecular complexity index is 701. The maximum absolute atomic E-state index is 11.5. The van der Waals surface area contributed by atoms with Crippen molar-refractivity contribution < 1.29 is 9.53 Å². The van der Waals surface area contributed by atoms with Crippen LogP contribution in [0.2, 0.25) is 0 Å². The molecule has 1 aromatic heterocycles. The Morgan fingerprint density at radius 2 is 2.05 bits per heavy atom. The van der Waals surface area contributed by atoms with Gasteiger partial charge in [-0.2, -0.15) is 5.26 Å². The minimum atomic E-state index is -0.654. The molecule has 0 saturated carbocycles. The molecule has 5 heteroatoms.